The third kappa shape index (κ3) is 2.29. The molecule has 0 radical (unpaired) electrons. The van der Waals surface area contributed by atoms with Crippen molar-refractivity contribution in [3.05, 3.63) is 36.1 Å². The van der Waals surface area contributed by atoms with E-state index in [0.29, 0.717) is 5.70 Å². The lowest BCUT2D eigenvalue weighted by Crippen LogP contribution is -2.04. The predicted molar refractivity (Wildman–Crippen MR) is 54.7 cm³/mol. The maximum absolute atomic E-state index is 5.49. The Bertz CT molecular complexity index is 365. The highest BCUT2D eigenvalue weighted by atomic mass is 16.5. The van der Waals surface area contributed by atoms with E-state index in [-0.39, 0.29) is 5.88 Å². The summed E-state index contributed by atoms with van der Waals surface area (Å²) in [6, 6.07) is 1.88. The monoisotopic (exact) mass is 194 g/mol. The zero-order valence-electron chi connectivity index (χ0n) is 8.27. The number of aryl methyl sites for hydroxylation is 1. The average Bonchev–Trinajstić information content (AvgIpc) is 2.60. The number of nitrogens with zero attached hydrogens (tertiary/aromatic N) is 2. The van der Waals surface area contributed by atoms with E-state index in [1.54, 1.807) is 17.0 Å². The van der Waals surface area contributed by atoms with Gasteiger partial charge in [0.25, 0.3) is 0 Å². The molecule has 4 N–H and O–H groups in total. The second kappa shape index (κ2) is 4.36. The van der Waals surface area contributed by atoms with E-state index < -0.39 is 0 Å². The highest BCUT2D eigenvalue weighted by Crippen LogP contribution is 2.06. The first-order valence-electron chi connectivity index (χ1n) is 4.13. The summed E-state index contributed by atoms with van der Waals surface area (Å²) < 4.78 is 6.44. The topological polar surface area (TPSA) is 79.1 Å². The maximum Gasteiger partial charge on any atom is 0.185 e. The molecule has 0 atom stereocenters. The third-order valence-electron chi connectivity index (χ3n) is 1.68. The molecule has 0 unspecified atom stereocenters. The van der Waals surface area contributed by atoms with E-state index in [1.807, 2.05) is 13.0 Å². The number of nitrogens with two attached hydrogens (primary N) is 2. The van der Waals surface area contributed by atoms with Gasteiger partial charge in [0, 0.05) is 18.5 Å². The Morgan fingerprint density at radius 3 is 2.79 bits per heavy atom. The van der Waals surface area contributed by atoms with Gasteiger partial charge in [-0.15, -0.1) is 0 Å². The molecule has 0 aliphatic carbocycles. The van der Waals surface area contributed by atoms with Crippen LogP contribution < -0.4 is 11.5 Å². The summed E-state index contributed by atoms with van der Waals surface area (Å²) in [6.45, 7) is 1.90. The Morgan fingerprint density at radius 2 is 2.36 bits per heavy atom. The molecule has 0 fully saturated rings. The molecule has 0 saturated carbocycles. The SMILES string of the molecule is CO/C(N)=C/C(=C\N)n1ccc(C)n1. The molecule has 1 heterocycles. The van der Waals surface area contributed by atoms with Gasteiger partial charge in [-0.05, 0) is 13.0 Å². The molecule has 1 aromatic heterocycles. The first-order valence-corrected chi connectivity index (χ1v) is 4.13. The van der Waals surface area contributed by atoms with Crippen LogP contribution in [0.5, 0.6) is 0 Å². The molecule has 0 spiro atoms. The molecule has 5 nitrogen and oxygen atoms in total. The summed E-state index contributed by atoms with van der Waals surface area (Å²) in [5, 5.41) is 4.18. The van der Waals surface area contributed by atoms with Crippen LogP contribution in [0.3, 0.4) is 0 Å². The zero-order valence-corrected chi connectivity index (χ0v) is 8.27. The highest BCUT2D eigenvalue weighted by Gasteiger charge is 1.99. The number of methoxy groups -OCH3 is 1. The fraction of sp³-hybridized carbons (Fsp3) is 0.222. The average molecular weight is 194 g/mol. The first-order chi connectivity index (χ1) is 6.67. The number of rotatable bonds is 3. The van der Waals surface area contributed by atoms with Crippen molar-refractivity contribution < 1.29 is 4.74 Å². The van der Waals surface area contributed by atoms with E-state index >= 15 is 0 Å². The molecular weight excluding hydrogens is 180 g/mol. The van der Waals surface area contributed by atoms with Crippen molar-refractivity contribution in [1.82, 2.24) is 9.78 Å². The first kappa shape index (κ1) is 10.2. The van der Waals surface area contributed by atoms with Gasteiger partial charge in [0.1, 0.15) is 0 Å². The quantitative estimate of drug-likeness (QED) is 0.539. The molecule has 76 valence electrons. The van der Waals surface area contributed by atoms with Gasteiger partial charge >= 0.3 is 0 Å². The second-order valence-corrected chi connectivity index (χ2v) is 2.74. The van der Waals surface area contributed by atoms with Crippen LogP contribution in [0.15, 0.2) is 30.4 Å². The van der Waals surface area contributed by atoms with E-state index in [2.05, 4.69) is 5.10 Å². The summed E-state index contributed by atoms with van der Waals surface area (Å²) in [6.07, 6.45) is 4.82. The van der Waals surface area contributed by atoms with Crippen LogP contribution in [0, 0.1) is 6.92 Å². The van der Waals surface area contributed by atoms with Gasteiger partial charge in [-0.1, -0.05) is 0 Å². The van der Waals surface area contributed by atoms with Gasteiger partial charge in [0.15, 0.2) is 5.88 Å². The van der Waals surface area contributed by atoms with E-state index in [4.69, 9.17) is 16.2 Å². The minimum absolute atomic E-state index is 0.287. The van der Waals surface area contributed by atoms with Crippen molar-refractivity contribution in [1.29, 1.82) is 0 Å². The minimum Gasteiger partial charge on any atom is -0.483 e. The zero-order chi connectivity index (χ0) is 10.6. The maximum atomic E-state index is 5.49. The third-order valence-corrected chi connectivity index (χ3v) is 1.68. The Morgan fingerprint density at radius 1 is 1.64 bits per heavy atom. The van der Waals surface area contributed by atoms with Crippen LogP contribution in [-0.4, -0.2) is 16.9 Å². The minimum atomic E-state index is 0.287. The number of ether oxygens (including phenoxy) is 1. The van der Waals surface area contributed by atoms with Crippen molar-refractivity contribution in [3.8, 4) is 0 Å². The number of hydrogen-bond donors (Lipinski definition) is 2. The second-order valence-electron chi connectivity index (χ2n) is 2.74. The van der Waals surface area contributed by atoms with Crippen molar-refractivity contribution in [2.45, 2.75) is 6.92 Å². The molecule has 14 heavy (non-hydrogen) atoms. The number of aromatic nitrogens is 2. The lowest BCUT2D eigenvalue weighted by molar-refractivity contribution is 0.287. The van der Waals surface area contributed by atoms with Gasteiger partial charge in [-0.2, -0.15) is 5.10 Å². The van der Waals surface area contributed by atoms with Crippen molar-refractivity contribution in [2.24, 2.45) is 11.5 Å². The molecule has 0 aromatic carbocycles. The predicted octanol–water partition coefficient (Wildman–Crippen LogP) is 0.395. The van der Waals surface area contributed by atoms with Crippen molar-refractivity contribution in [3.63, 3.8) is 0 Å². The van der Waals surface area contributed by atoms with Crippen LogP contribution in [0.25, 0.3) is 5.70 Å². The van der Waals surface area contributed by atoms with E-state index in [9.17, 15) is 0 Å². The summed E-state index contributed by atoms with van der Waals surface area (Å²) in [5.41, 5.74) is 12.5. The van der Waals surface area contributed by atoms with Crippen molar-refractivity contribution in [2.75, 3.05) is 7.11 Å². The largest absolute Gasteiger partial charge is 0.483 e. The number of allylic oxidation sites excluding steroid dienone is 2. The fourth-order valence-corrected chi connectivity index (χ4v) is 0.954. The Labute approximate surface area is 82.6 Å². The smallest absolute Gasteiger partial charge is 0.185 e. The molecular formula is C9H14N4O. The molecule has 0 bridgehead atoms. The van der Waals surface area contributed by atoms with Crippen LogP contribution in [-0.2, 0) is 4.74 Å². The standard InChI is InChI=1S/C9H14N4O/c1-7-3-4-13(12-7)8(6-10)5-9(11)14-2/h3-6H,10-11H2,1-2H3/b8-6+,9-5+. The molecule has 0 aliphatic rings. The summed E-state index contributed by atoms with van der Waals surface area (Å²) in [7, 11) is 1.49. The molecule has 0 amide bonds. The van der Waals surface area contributed by atoms with Gasteiger partial charge in [0.2, 0.25) is 0 Å². The van der Waals surface area contributed by atoms with E-state index in [1.165, 1.54) is 13.3 Å². The highest BCUT2D eigenvalue weighted by molar-refractivity contribution is 5.55. The molecule has 5 heteroatoms. The van der Waals surface area contributed by atoms with Gasteiger partial charge < -0.3 is 16.2 Å². The lowest BCUT2D eigenvalue weighted by Gasteiger charge is -2.03. The molecule has 0 aliphatic heterocycles. The molecule has 1 aromatic rings. The Hall–Kier alpha value is -1.91. The normalized spacial score (nSPS) is 13.0. The van der Waals surface area contributed by atoms with Crippen molar-refractivity contribution >= 4 is 5.70 Å². The van der Waals surface area contributed by atoms with Gasteiger partial charge in [0.05, 0.1) is 18.5 Å². The lowest BCUT2D eigenvalue weighted by atomic mass is 10.4. The summed E-state index contributed by atoms with van der Waals surface area (Å²) in [5.74, 6) is 0.287. The summed E-state index contributed by atoms with van der Waals surface area (Å²) >= 11 is 0. The van der Waals surface area contributed by atoms with Gasteiger partial charge in [-0.25, -0.2) is 4.68 Å². The van der Waals surface area contributed by atoms with Crippen LogP contribution in [0.2, 0.25) is 0 Å². The Balaban J connectivity index is 2.95. The molecule has 0 saturated heterocycles. The van der Waals surface area contributed by atoms with Gasteiger partial charge in [-0.3, -0.25) is 0 Å². The van der Waals surface area contributed by atoms with Crippen LogP contribution >= 0.6 is 0 Å². The van der Waals surface area contributed by atoms with E-state index in [0.717, 1.165) is 5.69 Å². The number of hydrogen-bond acceptors (Lipinski definition) is 4. The summed E-state index contributed by atoms with van der Waals surface area (Å²) in [4.78, 5) is 0. The molecule has 1 rings (SSSR count). The Kier molecular flexibility index (Phi) is 3.17. The van der Waals surface area contributed by atoms with Crippen LogP contribution in [0.1, 0.15) is 5.69 Å². The fourth-order valence-electron chi connectivity index (χ4n) is 0.954. The van der Waals surface area contributed by atoms with Crippen LogP contribution in [0.4, 0.5) is 0 Å².